The molecule has 3 rings (SSSR count). The molecule has 0 unspecified atom stereocenters. The van der Waals surface area contributed by atoms with E-state index in [1.165, 1.54) is 19.8 Å². The van der Waals surface area contributed by atoms with Gasteiger partial charge >= 0.3 is 0 Å². The number of allylic oxidation sites excluding steroid dienone is 1. The van der Waals surface area contributed by atoms with Crippen LogP contribution < -0.4 is 10.9 Å². The highest BCUT2D eigenvalue weighted by Gasteiger charge is 2.24. The van der Waals surface area contributed by atoms with E-state index >= 15 is 0 Å². The van der Waals surface area contributed by atoms with E-state index in [2.05, 4.69) is 22.0 Å². The second-order valence-electron chi connectivity index (χ2n) is 5.17. The van der Waals surface area contributed by atoms with Gasteiger partial charge in [0.15, 0.2) is 5.82 Å². The molecule has 6 heteroatoms. The molecule has 1 aliphatic rings. The molecule has 1 aliphatic carbocycles. The number of aromatic nitrogens is 3. The molecule has 0 saturated heterocycles. The first kappa shape index (κ1) is 14.9. The van der Waals surface area contributed by atoms with Crippen molar-refractivity contribution >= 4 is 16.7 Å². The zero-order valence-corrected chi connectivity index (χ0v) is 12.3. The smallest absolute Gasteiger partial charge is 0.261 e. The second kappa shape index (κ2) is 6.27. The second-order valence-corrected chi connectivity index (χ2v) is 5.17. The van der Waals surface area contributed by atoms with Gasteiger partial charge in [-0.15, -0.1) is 0 Å². The first-order valence-electron chi connectivity index (χ1n) is 6.88. The van der Waals surface area contributed by atoms with E-state index in [0.29, 0.717) is 17.1 Å². The zero-order chi connectivity index (χ0) is 15.4. The Bertz CT molecular complexity index is 745. The summed E-state index contributed by atoms with van der Waals surface area (Å²) >= 11 is 0. The van der Waals surface area contributed by atoms with Crippen LogP contribution in [0.15, 0.2) is 29.3 Å². The van der Waals surface area contributed by atoms with Crippen LogP contribution >= 0.6 is 0 Å². The van der Waals surface area contributed by atoms with Gasteiger partial charge in [0.2, 0.25) is 0 Å². The van der Waals surface area contributed by atoms with Gasteiger partial charge in [-0.25, -0.2) is 0 Å². The van der Waals surface area contributed by atoms with Crippen LogP contribution in [0, 0.1) is 17.2 Å². The maximum atomic E-state index is 11.9. The molecule has 21 heavy (non-hydrogen) atoms. The number of nitrogens with one attached hydrogen (secondary N) is 2. The summed E-state index contributed by atoms with van der Waals surface area (Å²) in [6.07, 6.45) is 4.18. The van der Waals surface area contributed by atoms with Crippen molar-refractivity contribution in [2.75, 3.05) is 5.32 Å². The molecular weight excluding hydrogens is 266 g/mol. The molecule has 0 bridgehead atoms. The molecule has 1 saturated carbocycles. The summed E-state index contributed by atoms with van der Waals surface area (Å²) < 4.78 is 1.92. The average Bonchev–Trinajstić information content (AvgIpc) is 3.15. The van der Waals surface area contributed by atoms with Crippen LogP contribution in [0.4, 0.5) is 5.82 Å². The average molecular weight is 285 g/mol. The van der Waals surface area contributed by atoms with Gasteiger partial charge in [0.05, 0.1) is 11.6 Å². The third-order valence-corrected chi connectivity index (χ3v) is 3.13. The van der Waals surface area contributed by atoms with Gasteiger partial charge in [0, 0.05) is 25.4 Å². The quantitative estimate of drug-likeness (QED) is 0.904. The molecule has 0 spiro atoms. The van der Waals surface area contributed by atoms with Crippen LogP contribution in [0.25, 0.3) is 10.9 Å². The number of anilines is 1. The summed E-state index contributed by atoms with van der Waals surface area (Å²) in [6.45, 7) is 7.96. The number of aromatic amines is 1. The number of hydrogen-bond donors (Lipinski definition) is 2. The molecule has 2 aromatic heterocycles. The van der Waals surface area contributed by atoms with Gasteiger partial charge in [0.25, 0.3) is 5.56 Å². The lowest BCUT2D eigenvalue weighted by Crippen LogP contribution is -2.06. The number of fused-ring (bicyclic) bond motifs is 1. The van der Waals surface area contributed by atoms with E-state index in [9.17, 15) is 4.79 Å². The van der Waals surface area contributed by atoms with Gasteiger partial charge in [0.1, 0.15) is 5.39 Å². The number of nitrogens with zero attached hydrogens (tertiary/aromatic N) is 3. The van der Waals surface area contributed by atoms with Crippen molar-refractivity contribution in [1.82, 2.24) is 14.8 Å². The minimum absolute atomic E-state index is 0.113. The monoisotopic (exact) mass is 285 g/mol. The predicted molar refractivity (Wildman–Crippen MR) is 82.8 cm³/mol. The molecule has 0 radical (unpaired) electrons. The summed E-state index contributed by atoms with van der Waals surface area (Å²) in [5.41, 5.74) is 1.55. The van der Waals surface area contributed by atoms with Gasteiger partial charge < -0.3 is 10.3 Å². The lowest BCUT2D eigenvalue weighted by molar-refractivity contribution is 0.582. The Balaban J connectivity index is 0.000000497. The number of pyridine rings is 1. The number of hydrogen-bond acceptors (Lipinski definition) is 4. The van der Waals surface area contributed by atoms with E-state index < -0.39 is 0 Å². The van der Waals surface area contributed by atoms with Crippen LogP contribution in [-0.2, 0) is 6.54 Å². The van der Waals surface area contributed by atoms with Gasteiger partial charge in [-0.3, -0.25) is 9.48 Å². The third kappa shape index (κ3) is 3.51. The van der Waals surface area contributed by atoms with Crippen molar-refractivity contribution in [3.63, 3.8) is 0 Å². The molecule has 0 amide bonds. The molecule has 2 N–H and O–H groups in total. The topological polar surface area (TPSA) is 86.5 Å². The number of nitriles is 1. The molecule has 2 heterocycles. The van der Waals surface area contributed by atoms with Crippen molar-refractivity contribution in [1.29, 1.82) is 5.26 Å². The summed E-state index contributed by atoms with van der Waals surface area (Å²) in [6, 6.07) is 3.65. The maximum absolute atomic E-state index is 11.9. The van der Waals surface area contributed by atoms with Crippen LogP contribution in [0.1, 0.15) is 26.7 Å². The Labute approximate surface area is 123 Å². The Morgan fingerprint density at radius 1 is 1.67 bits per heavy atom. The minimum Gasteiger partial charge on any atom is -0.343 e. The van der Waals surface area contributed by atoms with E-state index in [1.54, 1.807) is 12.3 Å². The highest BCUT2D eigenvalue weighted by atomic mass is 16.1. The summed E-state index contributed by atoms with van der Waals surface area (Å²) in [4.78, 5) is 14.6. The Hall–Kier alpha value is -2.55. The molecular formula is C15H19N5O. The fourth-order valence-corrected chi connectivity index (χ4v) is 2.11. The highest BCUT2D eigenvalue weighted by molar-refractivity contribution is 5.89. The SMILES string of the molecule is C=C(C)Nc1nn(CC2CC2)c2cc[nH]c(=O)c12.CC#N. The molecule has 0 atom stereocenters. The largest absolute Gasteiger partial charge is 0.343 e. The van der Waals surface area contributed by atoms with Crippen LogP contribution in [0.2, 0.25) is 0 Å². The van der Waals surface area contributed by atoms with Crippen molar-refractivity contribution in [3.05, 3.63) is 34.9 Å². The van der Waals surface area contributed by atoms with Crippen LogP contribution in [-0.4, -0.2) is 14.8 Å². The molecule has 110 valence electrons. The van der Waals surface area contributed by atoms with Gasteiger partial charge in [-0.1, -0.05) is 6.58 Å². The fraction of sp³-hybridized carbons (Fsp3) is 0.400. The molecule has 0 aromatic carbocycles. The highest BCUT2D eigenvalue weighted by Crippen LogP contribution is 2.32. The summed E-state index contributed by atoms with van der Waals surface area (Å²) in [5.74, 6) is 1.31. The van der Waals surface area contributed by atoms with E-state index in [1.807, 2.05) is 17.7 Å². The van der Waals surface area contributed by atoms with Crippen molar-refractivity contribution < 1.29 is 0 Å². The fourth-order valence-electron chi connectivity index (χ4n) is 2.11. The van der Waals surface area contributed by atoms with Crippen LogP contribution in [0.5, 0.6) is 0 Å². The molecule has 6 nitrogen and oxygen atoms in total. The van der Waals surface area contributed by atoms with Gasteiger partial charge in [-0.05, 0) is 31.7 Å². The summed E-state index contributed by atoms with van der Waals surface area (Å²) in [5, 5.41) is 15.5. The van der Waals surface area contributed by atoms with E-state index in [0.717, 1.165) is 17.8 Å². The Morgan fingerprint density at radius 2 is 2.33 bits per heavy atom. The molecule has 2 aromatic rings. The Morgan fingerprint density at radius 3 is 2.90 bits per heavy atom. The first-order valence-corrected chi connectivity index (χ1v) is 6.88. The van der Waals surface area contributed by atoms with Gasteiger partial charge in [-0.2, -0.15) is 10.4 Å². The maximum Gasteiger partial charge on any atom is 0.261 e. The summed E-state index contributed by atoms with van der Waals surface area (Å²) in [7, 11) is 0. The lowest BCUT2D eigenvalue weighted by atomic mass is 10.3. The lowest BCUT2D eigenvalue weighted by Gasteiger charge is -2.00. The van der Waals surface area contributed by atoms with Crippen LogP contribution in [0.3, 0.4) is 0 Å². The van der Waals surface area contributed by atoms with E-state index in [-0.39, 0.29) is 5.56 Å². The zero-order valence-electron chi connectivity index (χ0n) is 12.3. The van der Waals surface area contributed by atoms with E-state index in [4.69, 9.17) is 5.26 Å². The standard InChI is InChI=1S/C13H16N4O.C2H3N/c1-8(2)15-12-11-10(5-6-14-13(11)18)17(16-12)7-9-3-4-9;1-2-3/h5-6,9H,1,3-4,7H2,2H3,(H,14,18)(H,15,16);1H3. The van der Waals surface area contributed by atoms with Crippen molar-refractivity contribution in [2.24, 2.45) is 5.92 Å². The minimum atomic E-state index is -0.113. The Kier molecular flexibility index (Phi) is 4.43. The van der Waals surface area contributed by atoms with Crippen molar-refractivity contribution in [3.8, 4) is 6.07 Å². The first-order chi connectivity index (χ1) is 10.1. The number of rotatable bonds is 4. The third-order valence-electron chi connectivity index (χ3n) is 3.13. The molecule has 1 fully saturated rings. The number of H-pyrrole nitrogens is 1. The van der Waals surface area contributed by atoms with Crippen molar-refractivity contribution in [2.45, 2.75) is 33.2 Å². The molecule has 0 aliphatic heterocycles. The predicted octanol–water partition coefficient (Wildman–Crippen LogP) is 2.61. The normalized spacial score (nSPS) is 13.2.